The minimum absolute atomic E-state index is 0.177. The minimum Gasteiger partial charge on any atom is -0.506 e. The Morgan fingerprint density at radius 1 is 1.15 bits per heavy atom. The molecule has 0 radical (unpaired) electrons. The molecule has 0 aliphatic heterocycles. The zero-order valence-electron chi connectivity index (χ0n) is 10.3. The third-order valence-electron chi connectivity index (χ3n) is 2.54. The van der Waals surface area contributed by atoms with Gasteiger partial charge in [-0.2, -0.15) is 5.10 Å². The van der Waals surface area contributed by atoms with E-state index < -0.39 is 0 Å². The van der Waals surface area contributed by atoms with Crippen LogP contribution in [-0.2, 0) is 6.54 Å². The second-order valence-electron chi connectivity index (χ2n) is 4.05. The summed E-state index contributed by atoms with van der Waals surface area (Å²) in [5, 5.41) is 14.5. The summed E-state index contributed by atoms with van der Waals surface area (Å²) in [5.41, 5.74) is 4.92. The van der Waals surface area contributed by atoms with Crippen LogP contribution in [0.25, 0.3) is 0 Å². The van der Waals surface area contributed by atoms with E-state index in [0.717, 1.165) is 16.1 Å². The largest absolute Gasteiger partial charge is 0.506 e. The molecule has 0 fully saturated rings. The molecule has 2 aromatic rings. The zero-order chi connectivity index (χ0) is 14.5. The summed E-state index contributed by atoms with van der Waals surface area (Å²) in [7, 11) is 0. The highest BCUT2D eigenvalue weighted by atomic mass is 79.9. The standard InChI is InChI=1S/C14H11Br2ClN2O/c15-12-5-10(6-13(16)14(12)20)8-19-18-7-9-1-3-11(17)4-2-9/h1-6,8,18,20H,7H2/b19-8-. The number of phenolic OH excluding ortho intramolecular Hbond substituents is 1. The lowest BCUT2D eigenvalue weighted by Crippen LogP contribution is -2.05. The monoisotopic (exact) mass is 416 g/mol. The van der Waals surface area contributed by atoms with Crippen molar-refractivity contribution in [3.05, 3.63) is 61.5 Å². The summed E-state index contributed by atoms with van der Waals surface area (Å²) in [4.78, 5) is 0. The van der Waals surface area contributed by atoms with Crippen LogP contribution in [0.3, 0.4) is 0 Å². The first-order valence-electron chi connectivity index (χ1n) is 5.74. The Kier molecular flexibility index (Phi) is 5.46. The van der Waals surface area contributed by atoms with Gasteiger partial charge in [0.25, 0.3) is 0 Å². The van der Waals surface area contributed by atoms with E-state index in [1.165, 1.54) is 0 Å². The summed E-state index contributed by atoms with van der Waals surface area (Å²) in [6, 6.07) is 11.1. The van der Waals surface area contributed by atoms with Gasteiger partial charge in [-0.15, -0.1) is 0 Å². The van der Waals surface area contributed by atoms with Crippen LogP contribution >= 0.6 is 43.5 Å². The van der Waals surface area contributed by atoms with Gasteiger partial charge in [-0.1, -0.05) is 23.7 Å². The first kappa shape index (κ1) is 15.4. The van der Waals surface area contributed by atoms with Gasteiger partial charge < -0.3 is 10.5 Å². The maximum absolute atomic E-state index is 9.61. The molecule has 0 aromatic heterocycles. The summed E-state index contributed by atoms with van der Waals surface area (Å²) >= 11 is 12.4. The fraction of sp³-hybridized carbons (Fsp3) is 0.0714. The molecule has 0 aliphatic carbocycles. The van der Waals surface area contributed by atoms with Crippen LogP contribution < -0.4 is 5.43 Å². The third kappa shape index (κ3) is 4.23. The quantitative estimate of drug-likeness (QED) is 0.559. The number of hydrazone groups is 1. The Hall–Kier alpha value is -1.04. The maximum atomic E-state index is 9.61. The summed E-state index contributed by atoms with van der Waals surface area (Å²) < 4.78 is 1.23. The molecule has 0 spiro atoms. The smallest absolute Gasteiger partial charge is 0.143 e. The predicted molar refractivity (Wildman–Crippen MR) is 89.4 cm³/mol. The van der Waals surface area contributed by atoms with Crippen molar-refractivity contribution in [2.24, 2.45) is 5.10 Å². The normalized spacial score (nSPS) is 10.9. The maximum Gasteiger partial charge on any atom is 0.143 e. The fourth-order valence-corrected chi connectivity index (χ4v) is 2.87. The molecular weight excluding hydrogens is 407 g/mol. The lowest BCUT2D eigenvalue weighted by molar-refractivity contribution is 0.468. The molecule has 0 bridgehead atoms. The van der Waals surface area contributed by atoms with Crippen LogP contribution in [0, 0.1) is 0 Å². The van der Waals surface area contributed by atoms with Crippen molar-refractivity contribution in [2.45, 2.75) is 6.54 Å². The average molecular weight is 419 g/mol. The number of phenols is 1. The van der Waals surface area contributed by atoms with Crippen molar-refractivity contribution in [2.75, 3.05) is 0 Å². The SMILES string of the molecule is Oc1c(Br)cc(/C=N\NCc2ccc(Cl)cc2)cc1Br. The van der Waals surface area contributed by atoms with E-state index in [2.05, 4.69) is 42.4 Å². The number of hydrogen-bond acceptors (Lipinski definition) is 3. The van der Waals surface area contributed by atoms with Gasteiger partial charge >= 0.3 is 0 Å². The van der Waals surface area contributed by atoms with E-state index in [0.29, 0.717) is 15.5 Å². The van der Waals surface area contributed by atoms with Gasteiger partial charge in [-0.3, -0.25) is 0 Å². The Labute approximate surface area is 138 Å². The highest BCUT2D eigenvalue weighted by Crippen LogP contribution is 2.32. The molecule has 0 saturated carbocycles. The van der Waals surface area contributed by atoms with Crippen molar-refractivity contribution in [3.63, 3.8) is 0 Å². The number of hydrogen-bond donors (Lipinski definition) is 2. The van der Waals surface area contributed by atoms with Gasteiger partial charge in [0.05, 0.1) is 21.7 Å². The second kappa shape index (κ2) is 7.11. The molecule has 2 rings (SSSR count). The Morgan fingerprint density at radius 2 is 1.75 bits per heavy atom. The van der Waals surface area contributed by atoms with Gasteiger partial charge in [-0.25, -0.2) is 0 Å². The first-order chi connectivity index (χ1) is 9.56. The number of benzene rings is 2. The average Bonchev–Trinajstić information content (AvgIpc) is 2.43. The number of nitrogens with zero attached hydrogens (tertiary/aromatic N) is 1. The number of halogens is 3. The highest BCUT2D eigenvalue weighted by Gasteiger charge is 2.04. The van der Waals surface area contributed by atoms with Crippen molar-refractivity contribution >= 4 is 49.7 Å². The molecule has 2 N–H and O–H groups in total. The van der Waals surface area contributed by atoms with Gasteiger partial charge in [-0.05, 0) is 67.3 Å². The summed E-state index contributed by atoms with van der Waals surface area (Å²) in [5.74, 6) is 0.177. The molecule has 0 amide bonds. The summed E-state index contributed by atoms with van der Waals surface area (Å²) in [6.07, 6.45) is 1.69. The number of nitrogens with one attached hydrogen (secondary N) is 1. The molecule has 104 valence electrons. The van der Waals surface area contributed by atoms with Crippen LogP contribution in [0.5, 0.6) is 5.75 Å². The van der Waals surface area contributed by atoms with Crippen molar-refractivity contribution in [1.29, 1.82) is 0 Å². The second-order valence-corrected chi connectivity index (χ2v) is 6.20. The molecule has 2 aromatic carbocycles. The number of rotatable bonds is 4. The topological polar surface area (TPSA) is 44.6 Å². The highest BCUT2D eigenvalue weighted by molar-refractivity contribution is 9.11. The molecule has 6 heteroatoms. The van der Waals surface area contributed by atoms with E-state index in [-0.39, 0.29) is 5.75 Å². The lowest BCUT2D eigenvalue weighted by Gasteiger charge is -2.03. The van der Waals surface area contributed by atoms with E-state index in [1.807, 2.05) is 24.3 Å². The molecule has 20 heavy (non-hydrogen) atoms. The van der Waals surface area contributed by atoms with Gasteiger partial charge in [0, 0.05) is 5.02 Å². The third-order valence-corrected chi connectivity index (χ3v) is 4.00. The summed E-state index contributed by atoms with van der Waals surface area (Å²) in [6.45, 7) is 0.619. The van der Waals surface area contributed by atoms with Gasteiger partial charge in [0.15, 0.2) is 0 Å². The first-order valence-corrected chi connectivity index (χ1v) is 7.71. The molecule has 0 heterocycles. The van der Waals surface area contributed by atoms with Crippen molar-refractivity contribution in [1.82, 2.24) is 5.43 Å². The predicted octanol–water partition coefficient (Wildman–Crippen LogP) is 4.69. The molecule has 0 aliphatic rings. The van der Waals surface area contributed by atoms with Crippen LogP contribution in [0.15, 0.2) is 50.4 Å². The van der Waals surface area contributed by atoms with Gasteiger partial charge in [0.1, 0.15) is 5.75 Å². The van der Waals surface area contributed by atoms with E-state index in [1.54, 1.807) is 18.3 Å². The van der Waals surface area contributed by atoms with Crippen molar-refractivity contribution < 1.29 is 5.11 Å². The zero-order valence-corrected chi connectivity index (χ0v) is 14.2. The van der Waals surface area contributed by atoms with E-state index in [4.69, 9.17) is 11.6 Å². The van der Waals surface area contributed by atoms with Crippen LogP contribution in [0.1, 0.15) is 11.1 Å². The van der Waals surface area contributed by atoms with Crippen LogP contribution in [-0.4, -0.2) is 11.3 Å². The Morgan fingerprint density at radius 3 is 2.35 bits per heavy atom. The fourth-order valence-electron chi connectivity index (χ4n) is 1.52. The minimum atomic E-state index is 0.177. The molecular formula is C14H11Br2ClN2O. The molecule has 3 nitrogen and oxygen atoms in total. The van der Waals surface area contributed by atoms with E-state index in [9.17, 15) is 5.11 Å². The number of aromatic hydroxyl groups is 1. The molecule has 0 unspecified atom stereocenters. The Balaban J connectivity index is 1.95. The molecule has 0 saturated heterocycles. The van der Waals surface area contributed by atoms with Crippen LogP contribution in [0.2, 0.25) is 5.02 Å². The lowest BCUT2D eigenvalue weighted by atomic mass is 10.2. The van der Waals surface area contributed by atoms with Crippen molar-refractivity contribution in [3.8, 4) is 5.75 Å². The van der Waals surface area contributed by atoms with E-state index >= 15 is 0 Å². The molecule has 0 atom stereocenters. The van der Waals surface area contributed by atoms with Crippen LogP contribution in [0.4, 0.5) is 0 Å². The van der Waals surface area contributed by atoms with Gasteiger partial charge in [0.2, 0.25) is 0 Å². The Bertz CT molecular complexity index is 607.